The van der Waals surface area contributed by atoms with Crippen LogP contribution >= 0.6 is 11.6 Å². The lowest BCUT2D eigenvalue weighted by molar-refractivity contribution is 0.170. The summed E-state index contributed by atoms with van der Waals surface area (Å²) in [7, 11) is 0. The van der Waals surface area contributed by atoms with Gasteiger partial charge in [0, 0.05) is 40.5 Å². The average Bonchev–Trinajstić information content (AvgIpc) is 2.96. The Morgan fingerprint density at radius 3 is 2.61 bits per heavy atom. The highest BCUT2D eigenvalue weighted by Crippen LogP contribution is 2.33. The van der Waals surface area contributed by atoms with Gasteiger partial charge in [-0.25, -0.2) is 14.4 Å². The van der Waals surface area contributed by atoms with E-state index < -0.39 is 0 Å². The van der Waals surface area contributed by atoms with Gasteiger partial charge in [0.2, 0.25) is 5.95 Å². The van der Waals surface area contributed by atoms with E-state index in [2.05, 4.69) is 53.3 Å². The van der Waals surface area contributed by atoms with Gasteiger partial charge >= 0.3 is 0 Å². The number of nitrogens with zero attached hydrogens (tertiary/aromatic N) is 2. The minimum absolute atomic E-state index is 0.0299. The molecular weight excluding hydrogens is 377 g/mol. The van der Waals surface area contributed by atoms with E-state index >= 15 is 0 Å². The second-order valence-corrected chi connectivity index (χ2v) is 9.33. The second kappa shape index (κ2) is 6.71. The molecule has 0 aliphatic carbocycles. The molecule has 28 heavy (non-hydrogen) atoms. The second-order valence-electron chi connectivity index (χ2n) is 8.92. The number of fused-ring (bicyclic) bond motifs is 1. The Labute approximate surface area is 169 Å². The number of aromatic nitrogens is 3. The molecule has 3 N–H and O–H groups in total. The van der Waals surface area contributed by atoms with Gasteiger partial charge in [0.05, 0.1) is 16.2 Å². The van der Waals surface area contributed by atoms with E-state index in [1.807, 2.05) is 6.07 Å². The van der Waals surface area contributed by atoms with Crippen LogP contribution in [0.5, 0.6) is 0 Å². The molecule has 0 spiro atoms. The zero-order valence-corrected chi connectivity index (χ0v) is 17.3. The van der Waals surface area contributed by atoms with Gasteiger partial charge in [-0.3, -0.25) is 0 Å². The van der Waals surface area contributed by atoms with Gasteiger partial charge in [0.25, 0.3) is 0 Å². The Hall–Kier alpha value is -2.18. The fourth-order valence-electron chi connectivity index (χ4n) is 4.55. The van der Waals surface area contributed by atoms with E-state index in [-0.39, 0.29) is 22.9 Å². The van der Waals surface area contributed by atoms with Crippen LogP contribution in [0.3, 0.4) is 0 Å². The number of anilines is 1. The number of aromatic amines is 1. The number of piperidine rings is 1. The zero-order valence-electron chi connectivity index (χ0n) is 16.5. The van der Waals surface area contributed by atoms with Crippen LogP contribution in [-0.4, -0.2) is 32.1 Å². The van der Waals surface area contributed by atoms with Crippen molar-refractivity contribution in [3.05, 3.63) is 41.4 Å². The van der Waals surface area contributed by atoms with Crippen LogP contribution in [0, 0.1) is 5.82 Å². The van der Waals surface area contributed by atoms with Crippen LogP contribution < -0.4 is 10.6 Å². The van der Waals surface area contributed by atoms with Gasteiger partial charge in [0.1, 0.15) is 5.82 Å². The van der Waals surface area contributed by atoms with Crippen LogP contribution in [-0.2, 0) is 0 Å². The Balaban J connectivity index is 1.64. The Kier molecular flexibility index (Phi) is 4.59. The van der Waals surface area contributed by atoms with Crippen molar-refractivity contribution in [3.8, 4) is 11.3 Å². The van der Waals surface area contributed by atoms with Crippen molar-refractivity contribution >= 4 is 28.5 Å². The molecule has 5 nitrogen and oxygen atoms in total. The molecule has 1 aliphatic heterocycles. The summed E-state index contributed by atoms with van der Waals surface area (Å²) >= 11 is 6.15. The lowest BCUT2D eigenvalue weighted by atomic mass is 9.80. The van der Waals surface area contributed by atoms with Crippen LogP contribution in [0.1, 0.15) is 40.5 Å². The standard InChI is InChI=1S/C21H25ClFN5/c1-20(2)9-13(10-21(3,4)28-20)26-19-24-6-5-17(27-19)15-11-25-18-14(15)7-12(23)8-16(18)22/h5-8,11,13,25,28H,9-10H2,1-4H3,(H,24,26,27). The molecular formula is C21H25ClFN5. The molecule has 1 aromatic carbocycles. The molecule has 0 saturated carbocycles. The van der Waals surface area contributed by atoms with Gasteiger partial charge in [-0.1, -0.05) is 11.6 Å². The molecule has 2 aromatic heterocycles. The van der Waals surface area contributed by atoms with Crippen molar-refractivity contribution in [2.75, 3.05) is 5.32 Å². The average molecular weight is 402 g/mol. The summed E-state index contributed by atoms with van der Waals surface area (Å²) in [5.41, 5.74) is 2.28. The fraction of sp³-hybridized carbons (Fsp3) is 0.429. The largest absolute Gasteiger partial charge is 0.359 e. The van der Waals surface area contributed by atoms with Crippen LogP contribution in [0.4, 0.5) is 10.3 Å². The minimum Gasteiger partial charge on any atom is -0.359 e. The van der Waals surface area contributed by atoms with Gasteiger partial charge in [0.15, 0.2) is 0 Å². The molecule has 1 saturated heterocycles. The number of halogens is 2. The van der Waals surface area contributed by atoms with Gasteiger partial charge < -0.3 is 15.6 Å². The quantitative estimate of drug-likeness (QED) is 0.568. The molecule has 0 unspecified atom stereocenters. The smallest absolute Gasteiger partial charge is 0.223 e. The molecule has 148 valence electrons. The third-order valence-corrected chi connectivity index (χ3v) is 5.46. The summed E-state index contributed by atoms with van der Waals surface area (Å²) in [6.07, 6.45) is 5.47. The van der Waals surface area contributed by atoms with Gasteiger partial charge in [-0.15, -0.1) is 0 Å². The highest BCUT2D eigenvalue weighted by Gasteiger charge is 2.37. The monoisotopic (exact) mass is 401 g/mol. The molecule has 1 aliphatic rings. The number of H-pyrrole nitrogens is 1. The number of benzene rings is 1. The predicted molar refractivity (Wildman–Crippen MR) is 112 cm³/mol. The van der Waals surface area contributed by atoms with Crippen LogP contribution in [0.2, 0.25) is 5.02 Å². The van der Waals surface area contributed by atoms with Crippen molar-refractivity contribution in [2.45, 2.75) is 57.7 Å². The SMILES string of the molecule is CC1(C)CC(Nc2nccc(-c3c[nH]c4c(Cl)cc(F)cc34)n2)CC(C)(C)N1. The summed E-state index contributed by atoms with van der Waals surface area (Å²) in [4.78, 5) is 12.2. The molecule has 3 heterocycles. The third kappa shape index (κ3) is 3.84. The molecule has 3 aromatic rings. The molecule has 0 atom stereocenters. The Morgan fingerprint density at radius 2 is 1.89 bits per heavy atom. The summed E-state index contributed by atoms with van der Waals surface area (Å²) in [6.45, 7) is 8.85. The summed E-state index contributed by atoms with van der Waals surface area (Å²) in [6, 6.07) is 4.86. The predicted octanol–water partition coefficient (Wildman–Crippen LogP) is 5.14. The third-order valence-electron chi connectivity index (χ3n) is 5.16. The first-order valence-electron chi connectivity index (χ1n) is 9.47. The first kappa shape index (κ1) is 19.2. The molecule has 7 heteroatoms. The maximum Gasteiger partial charge on any atom is 0.223 e. The van der Waals surface area contributed by atoms with E-state index in [1.54, 1.807) is 12.4 Å². The van der Waals surface area contributed by atoms with E-state index in [0.29, 0.717) is 21.9 Å². The first-order valence-corrected chi connectivity index (χ1v) is 9.85. The number of nitrogens with one attached hydrogen (secondary N) is 3. The van der Waals surface area contributed by atoms with E-state index in [1.165, 1.54) is 12.1 Å². The molecule has 0 radical (unpaired) electrons. The Bertz CT molecular complexity index is 1010. The first-order chi connectivity index (χ1) is 13.1. The van der Waals surface area contributed by atoms with Gasteiger partial charge in [-0.2, -0.15) is 0 Å². The highest BCUT2D eigenvalue weighted by molar-refractivity contribution is 6.35. The van der Waals surface area contributed by atoms with Crippen molar-refractivity contribution in [1.82, 2.24) is 20.3 Å². The van der Waals surface area contributed by atoms with Crippen molar-refractivity contribution in [2.24, 2.45) is 0 Å². The summed E-state index contributed by atoms with van der Waals surface area (Å²) < 4.78 is 13.9. The van der Waals surface area contributed by atoms with E-state index in [4.69, 9.17) is 11.6 Å². The molecule has 0 bridgehead atoms. The van der Waals surface area contributed by atoms with Crippen molar-refractivity contribution in [3.63, 3.8) is 0 Å². The van der Waals surface area contributed by atoms with Crippen LogP contribution in [0.25, 0.3) is 22.2 Å². The number of hydrogen-bond donors (Lipinski definition) is 3. The normalized spacial score (nSPS) is 19.1. The van der Waals surface area contributed by atoms with E-state index in [0.717, 1.165) is 24.1 Å². The lowest BCUT2D eigenvalue weighted by Gasteiger charge is -2.46. The summed E-state index contributed by atoms with van der Waals surface area (Å²) in [5.74, 6) is 0.206. The number of hydrogen-bond acceptors (Lipinski definition) is 4. The number of rotatable bonds is 3. The van der Waals surface area contributed by atoms with Gasteiger partial charge in [-0.05, 0) is 58.7 Å². The zero-order chi connectivity index (χ0) is 20.1. The molecule has 0 amide bonds. The molecule has 4 rings (SSSR count). The molecule has 1 fully saturated rings. The fourth-order valence-corrected chi connectivity index (χ4v) is 4.81. The maximum absolute atomic E-state index is 13.9. The minimum atomic E-state index is -0.370. The maximum atomic E-state index is 13.9. The van der Waals surface area contributed by atoms with Crippen molar-refractivity contribution in [1.29, 1.82) is 0 Å². The summed E-state index contributed by atoms with van der Waals surface area (Å²) in [5, 5.41) is 8.23. The van der Waals surface area contributed by atoms with Crippen LogP contribution in [0.15, 0.2) is 30.6 Å². The highest BCUT2D eigenvalue weighted by atomic mass is 35.5. The lowest BCUT2D eigenvalue weighted by Crippen LogP contribution is -2.60. The van der Waals surface area contributed by atoms with E-state index in [9.17, 15) is 4.39 Å². The van der Waals surface area contributed by atoms with Crippen molar-refractivity contribution < 1.29 is 4.39 Å². The Morgan fingerprint density at radius 1 is 1.18 bits per heavy atom. The topological polar surface area (TPSA) is 65.6 Å².